The standard InChI is InChI=1S/C31H32ClF3N6O7/c1-30(2,3)48-29(43)40-11-12-46-26-25(23(41(44)45)17-36-27(26)40)47-24-13-18(5-6-22(24)32)28(42)37-20-14-19(31(33,34)35)15-21(16-20)39-9-7-38(4)8-10-39/h5-6,13-17H,7-12H2,1-4H3,(H,37,42). The van der Waals surface area contributed by atoms with Gasteiger partial charge in [-0.2, -0.15) is 13.2 Å². The van der Waals surface area contributed by atoms with Crippen LogP contribution in [0.15, 0.2) is 42.6 Å². The summed E-state index contributed by atoms with van der Waals surface area (Å²) in [5.74, 6) is -1.76. The third-order valence-electron chi connectivity index (χ3n) is 7.36. The van der Waals surface area contributed by atoms with Gasteiger partial charge in [0, 0.05) is 43.1 Å². The number of piperazine rings is 1. The van der Waals surface area contributed by atoms with E-state index in [0.29, 0.717) is 31.9 Å². The van der Waals surface area contributed by atoms with Gasteiger partial charge in [-0.1, -0.05) is 11.6 Å². The second-order valence-corrected chi connectivity index (χ2v) is 12.5. The molecular formula is C31H32ClF3N6O7. The number of likely N-dealkylation sites (N-methyl/N-ethyl adjacent to an activating group) is 1. The maximum absolute atomic E-state index is 13.8. The molecule has 0 aliphatic carbocycles. The van der Waals surface area contributed by atoms with E-state index in [4.69, 9.17) is 25.8 Å². The molecule has 1 N–H and O–H groups in total. The minimum atomic E-state index is -4.66. The Labute approximate surface area is 278 Å². The summed E-state index contributed by atoms with van der Waals surface area (Å²) in [5.41, 5.74) is -2.24. The molecule has 48 heavy (non-hydrogen) atoms. The van der Waals surface area contributed by atoms with Crippen LogP contribution < -0.4 is 24.6 Å². The SMILES string of the molecule is CN1CCN(c2cc(NC(=O)c3ccc(Cl)c(Oc4c([N+](=O)[O-])cnc5c4OCCN5C(=O)OC(C)(C)C)c3)cc(C(F)(F)F)c2)CC1. The van der Waals surface area contributed by atoms with Gasteiger partial charge in [-0.25, -0.2) is 9.78 Å². The summed E-state index contributed by atoms with van der Waals surface area (Å²) in [7, 11) is 1.92. The van der Waals surface area contributed by atoms with Gasteiger partial charge in [0.1, 0.15) is 24.2 Å². The van der Waals surface area contributed by atoms with Gasteiger partial charge in [-0.05, 0) is 64.2 Å². The topological polar surface area (TPSA) is 140 Å². The predicted octanol–water partition coefficient (Wildman–Crippen LogP) is 6.59. The van der Waals surface area contributed by atoms with Crippen LogP contribution in [-0.4, -0.2) is 78.8 Å². The number of anilines is 3. The van der Waals surface area contributed by atoms with Gasteiger partial charge in [-0.15, -0.1) is 0 Å². The molecule has 0 bridgehead atoms. The van der Waals surface area contributed by atoms with Crippen molar-refractivity contribution in [3.8, 4) is 17.2 Å². The molecule has 0 radical (unpaired) electrons. The monoisotopic (exact) mass is 692 g/mol. The highest BCUT2D eigenvalue weighted by Gasteiger charge is 2.36. The van der Waals surface area contributed by atoms with E-state index < -0.39 is 45.7 Å². The zero-order valence-electron chi connectivity index (χ0n) is 26.4. The largest absolute Gasteiger partial charge is 0.484 e. The zero-order chi connectivity index (χ0) is 35.0. The minimum absolute atomic E-state index is 0.0363. The molecule has 1 aromatic heterocycles. The molecule has 0 saturated carbocycles. The number of ether oxygens (including phenoxy) is 3. The predicted molar refractivity (Wildman–Crippen MR) is 171 cm³/mol. The van der Waals surface area contributed by atoms with Crippen molar-refractivity contribution >= 4 is 46.5 Å². The Balaban J connectivity index is 1.45. The molecule has 3 heterocycles. The number of hydrogen-bond acceptors (Lipinski definition) is 10. The molecule has 17 heteroatoms. The Morgan fingerprint density at radius 2 is 1.77 bits per heavy atom. The smallest absolute Gasteiger partial charge is 0.416 e. The van der Waals surface area contributed by atoms with Crippen molar-refractivity contribution in [3.05, 3.63) is 68.9 Å². The van der Waals surface area contributed by atoms with Crippen LogP contribution in [0.5, 0.6) is 17.2 Å². The van der Waals surface area contributed by atoms with Crippen molar-refractivity contribution in [3.63, 3.8) is 0 Å². The second-order valence-electron chi connectivity index (χ2n) is 12.1. The Hall–Kier alpha value is -4.83. The number of nitrogens with zero attached hydrogens (tertiary/aromatic N) is 5. The molecule has 0 spiro atoms. The van der Waals surface area contributed by atoms with Crippen LogP contribution in [-0.2, 0) is 10.9 Å². The summed E-state index contributed by atoms with van der Waals surface area (Å²) < 4.78 is 58.5. The van der Waals surface area contributed by atoms with Crippen LogP contribution in [0.1, 0.15) is 36.7 Å². The number of carbonyl (C=O) groups excluding carboxylic acids is 2. The fraction of sp³-hybridized carbons (Fsp3) is 0.387. The molecule has 1 saturated heterocycles. The lowest BCUT2D eigenvalue weighted by molar-refractivity contribution is -0.386. The lowest BCUT2D eigenvalue weighted by atomic mass is 10.1. The summed E-state index contributed by atoms with van der Waals surface area (Å²) in [5, 5.41) is 14.4. The van der Waals surface area contributed by atoms with Crippen LogP contribution in [0.4, 0.5) is 40.8 Å². The minimum Gasteiger partial charge on any atom is -0.484 e. The average Bonchev–Trinajstić information content (AvgIpc) is 3.00. The molecule has 2 amide bonds. The maximum Gasteiger partial charge on any atom is 0.416 e. The van der Waals surface area contributed by atoms with Crippen molar-refractivity contribution in [1.29, 1.82) is 0 Å². The number of fused-ring (bicyclic) bond motifs is 1. The van der Waals surface area contributed by atoms with E-state index in [9.17, 15) is 32.9 Å². The summed E-state index contributed by atoms with van der Waals surface area (Å²) in [6.45, 7) is 7.32. The lowest BCUT2D eigenvalue weighted by Crippen LogP contribution is -2.44. The number of rotatable bonds is 6. The van der Waals surface area contributed by atoms with E-state index in [1.54, 1.807) is 20.8 Å². The van der Waals surface area contributed by atoms with Crippen LogP contribution in [0, 0.1) is 10.1 Å². The summed E-state index contributed by atoms with van der Waals surface area (Å²) >= 11 is 6.36. The molecule has 2 aliphatic rings. The quantitative estimate of drug-likeness (QED) is 0.222. The number of halogens is 4. The first-order valence-electron chi connectivity index (χ1n) is 14.8. The van der Waals surface area contributed by atoms with Crippen molar-refractivity contribution in [2.75, 3.05) is 61.5 Å². The van der Waals surface area contributed by atoms with Crippen molar-refractivity contribution in [1.82, 2.24) is 9.88 Å². The van der Waals surface area contributed by atoms with Crippen LogP contribution in [0.2, 0.25) is 5.02 Å². The number of aromatic nitrogens is 1. The molecule has 0 unspecified atom stereocenters. The first kappa shape index (κ1) is 34.5. The molecule has 3 aromatic rings. The number of pyridine rings is 1. The van der Waals surface area contributed by atoms with Gasteiger partial charge in [-0.3, -0.25) is 19.8 Å². The molecule has 0 atom stereocenters. The fourth-order valence-electron chi connectivity index (χ4n) is 4.98. The van der Waals surface area contributed by atoms with E-state index in [0.717, 1.165) is 23.2 Å². The molecule has 256 valence electrons. The number of hydrogen-bond donors (Lipinski definition) is 1. The van der Waals surface area contributed by atoms with Gasteiger partial charge in [0.2, 0.25) is 5.75 Å². The van der Waals surface area contributed by atoms with Crippen LogP contribution in [0.3, 0.4) is 0 Å². The number of benzene rings is 2. The highest BCUT2D eigenvalue weighted by atomic mass is 35.5. The molecule has 2 aromatic carbocycles. The summed E-state index contributed by atoms with van der Waals surface area (Å²) in [4.78, 5) is 46.5. The Bertz CT molecular complexity index is 1740. The Morgan fingerprint density at radius 1 is 1.06 bits per heavy atom. The van der Waals surface area contributed by atoms with E-state index in [1.807, 2.05) is 11.9 Å². The van der Waals surface area contributed by atoms with E-state index in [-0.39, 0.29) is 46.7 Å². The van der Waals surface area contributed by atoms with Gasteiger partial charge < -0.3 is 29.3 Å². The van der Waals surface area contributed by atoms with Gasteiger partial charge >= 0.3 is 18.0 Å². The molecule has 5 rings (SSSR count). The maximum atomic E-state index is 13.8. The first-order chi connectivity index (χ1) is 22.5. The van der Waals surface area contributed by atoms with Crippen molar-refractivity contribution < 1.29 is 41.9 Å². The third kappa shape index (κ3) is 7.82. The van der Waals surface area contributed by atoms with Crippen LogP contribution >= 0.6 is 11.6 Å². The second kappa shape index (κ2) is 13.4. The van der Waals surface area contributed by atoms with E-state index in [1.165, 1.54) is 24.3 Å². The molecule has 2 aliphatic heterocycles. The van der Waals surface area contributed by atoms with Crippen molar-refractivity contribution in [2.24, 2.45) is 0 Å². The Kier molecular flexibility index (Phi) is 9.60. The fourth-order valence-corrected chi connectivity index (χ4v) is 5.13. The number of nitrogens with one attached hydrogen (secondary N) is 1. The van der Waals surface area contributed by atoms with E-state index >= 15 is 0 Å². The number of amides is 2. The number of alkyl halides is 3. The highest BCUT2D eigenvalue weighted by Crippen LogP contribution is 2.47. The van der Waals surface area contributed by atoms with Gasteiger partial charge in [0.25, 0.3) is 11.7 Å². The highest BCUT2D eigenvalue weighted by molar-refractivity contribution is 6.32. The van der Waals surface area contributed by atoms with E-state index in [2.05, 4.69) is 15.2 Å². The lowest BCUT2D eigenvalue weighted by Gasteiger charge is -2.34. The third-order valence-corrected chi connectivity index (χ3v) is 7.67. The van der Waals surface area contributed by atoms with Gasteiger partial charge in [0.05, 0.1) is 22.1 Å². The number of carbonyl (C=O) groups is 2. The van der Waals surface area contributed by atoms with Gasteiger partial charge in [0.15, 0.2) is 5.82 Å². The average molecular weight is 693 g/mol. The van der Waals surface area contributed by atoms with Crippen molar-refractivity contribution in [2.45, 2.75) is 32.5 Å². The normalized spacial score (nSPS) is 15.3. The Morgan fingerprint density at radius 3 is 2.42 bits per heavy atom. The molecular weight excluding hydrogens is 661 g/mol. The summed E-state index contributed by atoms with van der Waals surface area (Å²) in [6.07, 6.45) is -4.54. The molecule has 1 fully saturated rings. The first-order valence-corrected chi connectivity index (χ1v) is 15.1. The number of nitro groups is 1. The summed E-state index contributed by atoms with van der Waals surface area (Å²) in [6, 6.07) is 7.14. The zero-order valence-corrected chi connectivity index (χ0v) is 27.1. The molecule has 13 nitrogen and oxygen atoms in total. The van der Waals surface area contributed by atoms with Crippen LogP contribution in [0.25, 0.3) is 0 Å².